The molecule has 0 amide bonds. The lowest BCUT2D eigenvalue weighted by atomic mass is 9.94. The number of hydrogen-bond donors (Lipinski definition) is 3. The van der Waals surface area contributed by atoms with Crippen LogP contribution in [0.4, 0.5) is 0 Å². The number of carbonyl (C=O) groups is 1. The smallest absolute Gasteiger partial charge is 0.309 e. The highest BCUT2D eigenvalue weighted by Gasteiger charge is 2.25. The summed E-state index contributed by atoms with van der Waals surface area (Å²) in [7, 11) is 0. The molecule has 3 N–H and O–H groups in total. The van der Waals surface area contributed by atoms with Crippen LogP contribution in [0.25, 0.3) is 0 Å². The van der Waals surface area contributed by atoms with Gasteiger partial charge < -0.3 is 15.3 Å². The maximum Gasteiger partial charge on any atom is 0.309 e. The topological polar surface area (TPSA) is 77.8 Å². The summed E-state index contributed by atoms with van der Waals surface area (Å²) in [5, 5.41) is 27.7. The van der Waals surface area contributed by atoms with Crippen molar-refractivity contribution in [2.24, 2.45) is 5.92 Å². The predicted octanol–water partition coefficient (Wildman–Crippen LogP) is 1.54. The molecule has 0 spiro atoms. The van der Waals surface area contributed by atoms with Crippen molar-refractivity contribution in [2.45, 2.75) is 19.4 Å². The van der Waals surface area contributed by atoms with Gasteiger partial charge in [0.15, 0.2) is 0 Å². The third-order valence-electron chi connectivity index (χ3n) is 2.37. The Balaban J connectivity index is 2.87. The number of hydrogen-bond acceptors (Lipinski definition) is 3. The first kappa shape index (κ1) is 11.5. The molecule has 1 aromatic carbocycles. The van der Waals surface area contributed by atoms with Gasteiger partial charge in [-0.15, -0.1) is 0 Å². The molecule has 0 aliphatic rings. The lowest BCUT2D eigenvalue weighted by molar-refractivity contribution is -0.146. The van der Waals surface area contributed by atoms with Gasteiger partial charge in [-0.2, -0.15) is 0 Å². The Morgan fingerprint density at radius 1 is 1.33 bits per heavy atom. The number of phenols is 1. The summed E-state index contributed by atoms with van der Waals surface area (Å²) in [6.07, 6.45) is -0.676. The molecule has 4 heteroatoms. The summed E-state index contributed by atoms with van der Waals surface area (Å²) in [6, 6.07) is 5.89. The second-order valence-corrected chi connectivity index (χ2v) is 3.39. The molecule has 0 fully saturated rings. The van der Waals surface area contributed by atoms with Gasteiger partial charge in [0, 0.05) is 0 Å². The summed E-state index contributed by atoms with van der Waals surface area (Å²) in [5.74, 6) is -1.73. The number of carboxylic acids is 1. The van der Waals surface area contributed by atoms with Crippen molar-refractivity contribution in [3.63, 3.8) is 0 Å². The first-order chi connectivity index (χ1) is 7.06. The highest BCUT2D eigenvalue weighted by molar-refractivity contribution is 5.71. The zero-order valence-corrected chi connectivity index (χ0v) is 8.42. The first-order valence-corrected chi connectivity index (χ1v) is 4.76. The van der Waals surface area contributed by atoms with Gasteiger partial charge in [-0.05, 0) is 24.1 Å². The van der Waals surface area contributed by atoms with Crippen LogP contribution < -0.4 is 0 Å². The van der Waals surface area contributed by atoms with Gasteiger partial charge in [0.25, 0.3) is 0 Å². The molecule has 0 aliphatic heterocycles. The van der Waals surface area contributed by atoms with E-state index in [1.807, 2.05) is 0 Å². The van der Waals surface area contributed by atoms with E-state index >= 15 is 0 Å². The van der Waals surface area contributed by atoms with Gasteiger partial charge >= 0.3 is 5.97 Å². The molecule has 0 radical (unpaired) electrons. The van der Waals surface area contributed by atoms with Crippen molar-refractivity contribution in [2.75, 3.05) is 0 Å². The largest absolute Gasteiger partial charge is 0.508 e. The third kappa shape index (κ3) is 2.70. The second-order valence-electron chi connectivity index (χ2n) is 3.39. The minimum atomic E-state index is -1.03. The van der Waals surface area contributed by atoms with E-state index in [2.05, 4.69) is 0 Å². The summed E-state index contributed by atoms with van der Waals surface area (Å²) in [6.45, 7) is 1.71. The number of carboxylic acid groups (broad SMARTS) is 1. The normalized spacial score (nSPS) is 14.5. The number of phenolic OH excluding ortho intramolecular Hbond substituents is 1. The highest BCUT2D eigenvalue weighted by Crippen LogP contribution is 2.25. The maximum absolute atomic E-state index is 10.8. The van der Waals surface area contributed by atoms with Crippen LogP contribution >= 0.6 is 0 Å². The molecular weight excluding hydrogens is 196 g/mol. The predicted molar refractivity (Wildman–Crippen MR) is 54.5 cm³/mol. The summed E-state index contributed by atoms with van der Waals surface area (Å²) < 4.78 is 0. The van der Waals surface area contributed by atoms with Gasteiger partial charge in [-0.3, -0.25) is 4.79 Å². The minimum absolute atomic E-state index is 0.0920. The molecule has 0 saturated heterocycles. The van der Waals surface area contributed by atoms with Crippen LogP contribution in [0.15, 0.2) is 24.3 Å². The van der Waals surface area contributed by atoms with E-state index in [1.54, 1.807) is 6.92 Å². The van der Waals surface area contributed by atoms with E-state index < -0.39 is 18.0 Å². The average molecular weight is 210 g/mol. The molecular formula is C11H14O4. The lowest BCUT2D eigenvalue weighted by Gasteiger charge is -2.17. The number of aromatic hydroxyl groups is 1. The fraction of sp³-hybridized carbons (Fsp3) is 0.364. The fourth-order valence-corrected chi connectivity index (χ4v) is 1.44. The zero-order chi connectivity index (χ0) is 11.4. The van der Waals surface area contributed by atoms with Crippen LogP contribution in [-0.2, 0) is 4.79 Å². The molecule has 15 heavy (non-hydrogen) atoms. The zero-order valence-electron chi connectivity index (χ0n) is 8.42. The molecule has 2 atom stereocenters. The average Bonchev–Trinajstić information content (AvgIpc) is 2.19. The number of benzene rings is 1. The monoisotopic (exact) mass is 210 g/mol. The number of aliphatic carboxylic acids is 1. The van der Waals surface area contributed by atoms with Gasteiger partial charge in [0.1, 0.15) is 5.75 Å². The molecule has 82 valence electrons. The molecule has 0 aromatic heterocycles. The van der Waals surface area contributed by atoms with Gasteiger partial charge in [0.2, 0.25) is 0 Å². The van der Waals surface area contributed by atoms with Gasteiger partial charge in [0.05, 0.1) is 12.0 Å². The van der Waals surface area contributed by atoms with E-state index in [4.69, 9.17) is 10.2 Å². The van der Waals surface area contributed by atoms with Crippen LogP contribution in [0.3, 0.4) is 0 Å². The minimum Gasteiger partial charge on any atom is -0.508 e. The molecule has 2 unspecified atom stereocenters. The van der Waals surface area contributed by atoms with Crippen LogP contribution in [0.1, 0.15) is 25.0 Å². The molecule has 0 heterocycles. The molecule has 1 aromatic rings. The number of aliphatic hydroxyl groups excluding tert-OH is 1. The lowest BCUT2D eigenvalue weighted by Crippen LogP contribution is -2.21. The van der Waals surface area contributed by atoms with E-state index in [0.717, 1.165) is 0 Å². The standard InChI is InChI=1S/C11H14O4/c1-2-9(11(14)15)10(13)7-3-5-8(12)6-4-7/h3-6,9-10,12-13H,2H2,1H3,(H,14,15). The van der Waals surface area contributed by atoms with Crippen LogP contribution in [0.2, 0.25) is 0 Å². The van der Waals surface area contributed by atoms with Gasteiger partial charge in [-0.25, -0.2) is 0 Å². The van der Waals surface area contributed by atoms with Crippen molar-refractivity contribution < 1.29 is 20.1 Å². The fourth-order valence-electron chi connectivity index (χ4n) is 1.44. The second kappa shape index (κ2) is 4.79. The number of aliphatic hydroxyl groups is 1. The van der Waals surface area contributed by atoms with Crippen LogP contribution in [0.5, 0.6) is 5.75 Å². The van der Waals surface area contributed by atoms with E-state index in [-0.39, 0.29) is 5.75 Å². The quantitative estimate of drug-likeness (QED) is 0.704. The summed E-state index contributed by atoms with van der Waals surface area (Å²) >= 11 is 0. The van der Waals surface area contributed by atoms with Crippen LogP contribution in [0, 0.1) is 5.92 Å². The van der Waals surface area contributed by atoms with Crippen LogP contribution in [-0.4, -0.2) is 21.3 Å². The summed E-state index contributed by atoms with van der Waals surface area (Å²) in [5.41, 5.74) is 0.502. The van der Waals surface area contributed by atoms with E-state index in [1.165, 1.54) is 24.3 Å². The van der Waals surface area contributed by atoms with E-state index in [9.17, 15) is 9.90 Å². The maximum atomic E-state index is 10.8. The SMILES string of the molecule is CCC(C(=O)O)C(O)c1ccc(O)cc1. The van der Waals surface area contributed by atoms with Gasteiger partial charge in [-0.1, -0.05) is 19.1 Å². The summed E-state index contributed by atoms with van der Waals surface area (Å²) in [4.78, 5) is 10.8. The Labute approximate surface area is 87.8 Å². The Hall–Kier alpha value is -1.55. The molecule has 4 nitrogen and oxygen atoms in total. The highest BCUT2D eigenvalue weighted by atomic mass is 16.4. The number of rotatable bonds is 4. The first-order valence-electron chi connectivity index (χ1n) is 4.76. The Bertz CT molecular complexity index is 331. The molecule has 0 aliphatic carbocycles. The van der Waals surface area contributed by atoms with Crippen molar-refractivity contribution in [3.8, 4) is 5.75 Å². The van der Waals surface area contributed by atoms with Crippen molar-refractivity contribution in [3.05, 3.63) is 29.8 Å². The molecule has 0 saturated carbocycles. The third-order valence-corrected chi connectivity index (χ3v) is 2.37. The van der Waals surface area contributed by atoms with Crippen molar-refractivity contribution in [1.82, 2.24) is 0 Å². The molecule has 0 bridgehead atoms. The Kier molecular flexibility index (Phi) is 3.68. The van der Waals surface area contributed by atoms with Crippen molar-refractivity contribution in [1.29, 1.82) is 0 Å². The Morgan fingerprint density at radius 3 is 2.27 bits per heavy atom. The molecule has 1 rings (SSSR count). The van der Waals surface area contributed by atoms with Crippen molar-refractivity contribution >= 4 is 5.97 Å². The Morgan fingerprint density at radius 2 is 1.87 bits per heavy atom. The van der Waals surface area contributed by atoms with E-state index in [0.29, 0.717) is 12.0 Å².